The summed E-state index contributed by atoms with van der Waals surface area (Å²) in [5, 5.41) is 9.33. The van der Waals surface area contributed by atoms with Crippen LogP contribution in [0.15, 0.2) is 41.4 Å². The highest BCUT2D eigenvalue weighted by atomic mass is 32.1. The van der Waals surface area contributed by atoms with Gasteiger partial charge in [0.05, 0.1) is 21.3 Å². The lowest BCUT2D eigenvalue weighted by molar-refractivity contribution is -0.141. The van der Waals surface area contributed by atoms with E-state index in [0.29, 0.717) is 12.1 Å². The summed E-state index contributed by atoms with van der Waals surface area (Å²) in [4.78, 5) is 27.0. The summed E-state index contributed by atoms with van der Waals surface area (Å²) in [6.07, 6.45) is -9.78. The van der Waals surface area contributed by atoms with Gasteiger partial charge in [-0.25, -0.2) is 9.18 Å². The number of nitrogens with zero attached hydrogens (tertiary/aromatic N) is 2. The molecule has 0 radical (unpaired) electrons. The first-order valence-electron chi connectivity index (χ1n) is 8.61. The van der Waals surface area contributed by atoms with Gasteiger partial charge in [0, 0.05) is 5.56 Å². The Hall–Kier alpha value is -3.22. The Morgan fingerprint density at radius 3 is 2.28 bits per heavy atom. The van der Waals surface area contributed by atoms with E-state index in [1.165, 1.54) is 0 Å². The summed E-state index contributed by atoms with van der Waals surface area (Å²) in [7, 11) is 0. The average Bonchev–Trinajstić information content (AvgIpc) is 3.04. The molecule has 0 aliphatic carbocycles. The maximum absolute atomic E-state index is 14.5. The number of aliphatic carboxylic acids is 1. The molecule has 0 fully saturated rings. The molecule has 13 heteroatoms. The number of aromatic nitrogens is 1. The number of hydrogen-bond acceptors (Lipinski definition) is 3. The number of thiazole rings is 1. The van der Waals surface area contributed by atoms with Crippen molar-refractivity contribution in [3.05, 3.63) is 63.7 Å². The number of benzene rings is 2. The molecule has 0 saturated carbocycles. The Balaban J connectivity index is 2.26. The third-order valence-electron chi connectivity index (χ3n) is 4.42. The standard InChI is InChI=1S/C19H11F7N2O3S/c1-8(16(30)31)28-12-6-5-11(19(24,25)26)13(20)14(12)32-17(28)27-15(29)9-3-2-4-10(7-9)18(21,22)23/h2-8H,1H3,(H,30,31). The second kappa shape index (κ2) is 8.04. The van der Waals surface area contributed by atoms with Gasteiger partial charge in [-0.3, -0.25) is 4.79 Å². The lowest BCUT2D eigenvalue weighted by atomic mass is 10.1. The summed E-state index contributed by atoms with van der Waals surface area (Å²) in [6, 6.07) is 3.01. The van der Waals surface area contributed by atoms with E-state index in [1.54, 1.807) is 0 Å². The number of alkyl halides is 6. The summed E-state index contributed by atoms with van der Waals surface area (Å²) in [5.41, 5.74) is -3.51. The molecule has 1 aromatic heterocycles. The molecule has 1 unspecified atom stereocenters. The number of carbonyl (C=O) groups excluding carboxylic acids is 1. The Bertz CT molecular complexity index is 1290. The van der Waals surface area contributed by atoms with Gasteiger partial charge in [0.2, 0.25) is 0 Å². The summed E-state index contributed by atoms with van der Waals surface area (Å²) < 4.78 is 92.5. The molecule has 0 spiro atoms. The van der Waals surface area contributed by atoms with Crippen LogP contribution in [-0.4, -0.2) is 21.6 Å². The maximum atomic E-state index is 14.5. The minimum Gasteiger partial charge on any atom is -0.480 e. The van der Waals surface area contributed by atoms with E-state index in [4.69, 9.17) is 0 Å². The van der Waals surface area contributed by atoms with Crippen molar-refractivity contribution >= 4 is 33.4 Å². The van der Waals surface area contributed by atoms with Crippen LogP contribution in [0.1, 0.15) is 34.5 Å². The SMILES string of the molecule is CC(C(=O)O)n1c(=NC(=O)c2cccc(C(F)(F)F)c2)sc2c(F)c(C(F)(F)F)ccc21. The number of halogens is 7. The van der Waals surface area contributed by atoms with Gasteiger partial charge in [0.15, 0.2) is 10.6 Å². The first kappa shape index (κ1) is 23.4. The van der Waals surface area contributed by atoms with Crippen LogP contribution in [0.25, 0.3) is 10.2 Å². The second-order valence-electron chi connectivity index (χ2n) is 6.54. The smallest absolute Gasteiger partial charge is 0.419 e. The van der Waals surface area contributed by atoms with Crippen LogP contribution in [0, 0.1) is 5.82 Å². The van der Waals surface area contributed by atoms with Crippen LogP contribution in [0.2, 0.25) is 0 Å². The molecule has 0 saturated heterocycles. The Labute approximate surface area is 178 Å². The maximum Gasteiger partial charge on any atom is 0.419 e. The zero-order valence-electron chi connectivity index (χ0n) is 15.8. The van der Waals surface area contributed by atoms with Crippen molar-refractivity contribution in [1.82, 2.24) is 4.57 Å². The zero-order chi connectivity index (χ0) is 24.0. The highest BCUT2D eigenvalue weighted by Crippen LogP contribution is 2.36. The Morgan fingerprint density at radius 1 is 1.06 bits per heavy atom. The van der Waals surface area contributed by atoms with E-state index in [-0.39, 0.29) is 16.9 Å². The number of carboxylic acid groups (broad SMARTS) is 1. The second-order valence-corrected chi connectivity index (χ2v) is 7.52. The summed E-state index contributed by atoms with van der Waals surface area (Å²) >= 11 is 0.274. The Morgan fingerprint density at radius 2 is 1.72 bits per heavy atom. The predicted octanol–water partition coefficient (Wildman–Crippen LogP) is 5.27. The van der Waals surface area contributed by atoms with E-state index in [1.807, 2.05) is 0 Å². The van der Waals surface area contributed by atoms with Crippen molar-refractivity contribution in [3.8, 4) is 0 Å². The molecule has 3 aromatic rings. The quantitative estimate of drug-likeness (QED) is 0.520. The first-order valence-corrected chi connectivity index (χ1v) is 9.43. The molecule has 1 atom stereocenters. The predicted molar refractivity (Wildman–Crippen MR) is 98.5 cm³/mol. The van der Waals surface area contributed by atoms with Crippen molar-refractivity contribution in [1.29, 1.82) is 0 Å². The van der Waals surface area contributed by atoms with Crippen LogP contribution in [0.3, 0.4) is 0 Å². The van der Waals surface area contributed by atoms with Crippen molar-refractivity contribution in [2.75, 3.05) is 0 Å². The van der Waals surface area contributed by atoms with Gasteiger partial charge in [0.1, 0.15) is 6.04 Å². The fraction of sp³-hybridized carbons (Fsp3) is 0.211. The normalized spacial score (nSPS) is 14.1. The highest BCUT2D eigenvalue weighted by Gasteiger charge is 2.36. The molecule has 3 rings (SSSR count). The van der Waals surface area contributed by atoms with Gasteiger partial charge in [-0.1, -0.05) is 17.4 Å². The molecule has 32 heavy (non-hydrogen) atoms. The number of carbonyl (C=O) groups is 2. The number of rotatable bonds is 3. The minimum atomic E-state index is -5.03. The van der Waals surface area contributed by atoms with Crippen LogP contribution in [-0.2, 0) is 17.1 Å². The minimum absolute atomic E-state index is 0.272. The van der Waals surface area contributed by atoms with Gasteiger partial charge in [0.25, 0.3) is 5.91 Å². The van der Waals surface area contributed by atoms with E-state index in [0.717, 1.165) is 35.8 Å². The lowest BCUT2D eigenvalue weighted by Crippen LogP contribution is -2.25. The van der Waals surface area contributed by atoms with E-state index in [9.17, 15) is 45.4 Å². The molecule has 0 aliphatic rings. The van der Waals surface area contributed by atoms with Crippen molar-refractivity contribution in [2.45, 2.75) is 25.3 Å². The van der Waals surface area contributed by atoms with Crippen LogP contribution < -0.4 is 4.80 Å². The number of fused-ring (bicyclic) bond motifs is 1. The molecule has 0 aliphatic heterocycles. The highest BCUT2D eigenvalue weighted by molar-refractivity contribution is 7.16. The van der Waals surface area contributed by atoms with Crippen molar-refractivity contribution < 1.29 is 45.4 Å². The molecular weight excluding hydrogens is 469 g/mol. The van der Waals surface area contributed by atoms with Gasteiger partial charge >= 0.3 is 18.3 Å². The molecule has 170 valence electrons. The van der Waals surface area contributed by atoms with E-state index >= 15 is 0 Å². The molecule has 1 amide bonds. The van der Waals surface area contributed by atoms with Gasteiger partial charge in [-0.05, 0) is 37.3 Å². The summed E-state index contributed by atoms with van der Waals surface area (Å²) in [5.74, 6) is -4.36. The van der Waals surface area contributed by atoms with E-state index in [2.05, 4.69) is 4.99 Å². The third-order valence-corrected chi connectivity index (χ3v) is 5.48. The topological polar surface area (TPSA) is 71.7 Å². The molecule has 2 aromatic carbocycles. The summed E-state index contributed by atoms with van der Waals surface area (Å²) in [6.45, 7) is 1.12. The molecular formula is C19H11F7N2O3S. The average molecular weight is 480 g/mol. The molecule has 1 N–H and O–H groups in total. The molecule has 5 nitrogen and oxygen atoms in total. The third kappa shape index (κ3) is 4.38. The number of hydrogen-bond donors (Lipinski definition) is 1. The number of carboxylic acids is 1. The first-order chi connectivity index (χ1) is 14.7. The van der Waals surface area contributed by atoms with Crippen molar-refractivity contribution in [3.63, 3.8) is 0 Å². The zero-order valence-corrected chi connectivity index (χ0v) is 16.6. The van der Waals surface area contributed by atoms with Crippen LogP contribution in [0.4, 0.5) is 30.7 Å². The van der Waals surface area contributed by atoms with Crippen molar-refractivity contribution in [2.24, 2.45) is 4.99 Å². The van der Waals surface area contributed by atoms with Gasteiger partial charge in [-0.2, -0.15) is 31.3 Å². The number of amides is 1. The van der Waals surface area contributed by atoms with Crippen LogP contribution in [0.5, 0.6) is 0 Å². The van der Waals surface area contributed by atoms with E-state index < -0.39 is 62.3 Å². The van der Waals surface area contributed by atoms with Crippen LogP contribution >= 0.6 is 11.3 Å². The van der Waals surface area contributed by atoms with Gasteiger partial charge < -0.3 is 9.67 Å². The Kier molecular flexibility index (Phi) is 5.89. The lowest BCUT2D eigenvalue weighted by Gasteiger charge is -2.12. The van der Waals surface area contributed by atoms with Gasteiger partial charge in [-0.15, -0.1) is 0 Å². The fourth-order valence-corrected chi connectivity index (χ4v) is 3.97. The fourth-order valence-electron chi connectivity index (χ4n) is 2.84. The molecule has 1 heterocycles. The molecule has 0 bridgehead atoms. The largest absolute Gasteiger partial charge is 0.480 e. The monoisotopic (exact) mass is 480 g/mol.